The molecule has 3 aromatic rings. The first-order chi connectivity index (χ1) is 19.0. The quantitative estimate of drug-likeness (QED) is 0.0764. The van der Waals surface area contributed by atoms with Gasteiger partial charge in [0.15, 0.2) is 0 Å². The van der Waals surface area contributed by atoms with Gasteiger partial charge in [-0.3, -0.25) is 10.2 Å². The Morgan fingerprint density at radius 1 is 0.923 bits per heavy atom. The fourth-order valence-electron chi connectivity index (χ4n) is 3.58. The van der Waals surface area contributed by atoms with Crippen LogP contribution >= 0.6 is 12.6 Å². The molecule has 0 fully saturated rings. The number of azo groups is 1. The third-order valence-corrected chi connectivity index (χ3v) is 5.93. The summed E-state index contributed by atoms with van der Waals surface area (Å²) in [6.07, 6.45) is 1.25. The van der Waals surface area contributed by atoms with E-state index < -0.39 is 0 Å². The average Bonchev–Trinajstić information content (AvgIpc) is 2.98. The summed E-state index contributed by atoms with van der Waals surface area (Å²) in [6.45, 7) is 1.35. The molecule has 11 nitrogen and oxygen atoms in total. The van der Waals surface area contributed by atoms with Gasteiger partial charge in [0, 0.05) is 50.1 Å². The van der Waals surface area contributed by atoms with E-state index in [0.29, 0.717) is 53.0 Å². The lowest BCUT2D eigenvalue weighted by molar-refractivity contribution is -0.121. The van der Waals surface area contributed by atoms with Crippen molar-refractivity contribution in [3.63, 3.8) is 0 Å². The van der Waals surface area contributed by atoms with Crippen molar-refractivity contribution in [2.24, 2.45) is 15.4 Å². The molecule has 3 N–H and O–H groups in total. The average molecular weight is 552 g/mol. The maximum absolute atomic E-state index is 11.8. The minimum atomic E-state index is 0.0503. The lowest BCUT2D eigenvalue weighted by Crippen LogP contribution is -2.26. The molecule has 0 saturated heterocycles. The van der Waals surface area contributed by atoms with Gasteiger partial charge in [0.25, 0.3) is 0 Å². The van der Waals surface area contributed by atoms with Crippen LogP contribution in [0.1, 0.15) is 12.8 Å². The number of benzene rings is 3. The number of nitrogens with zero attached hydrogens (tertiary/aromatic N) is 4. The zero-order chi connectivity index (χ0) is 28.0. The summed E-state index contributed by atoms with van der Waals surface area (Å²) in [5, 5.41) is 14.2. The molecule has 0 aromatic heterocycles. The highest BCUT2D eigenvalue weighted by Gasteiger charge is 2.12. The molecule has 0 bridgehead atoms. The number of ether oxygens (including phenoxy) is 2. The predicted molar refractivity (Wildman–Crippen MR) is 159 cm³/mol. The van der Waals surface area contributed by atoms with E-state index in [1.54, 1.807) is 50.6 Å². The number of hydrogen-bond acceptors (Lipinski definition) is 11. The monoisotopic (exact) mass is 551 g/mol. The summed E-state index contributed by atoms with van der Waals surface area (Å²) >= 11 is 4.10. The van der Waals surface area contributed by atoms with Crippen LogP contribution in [0.2, 0.25) is 0 Å². The summed E-state index contributed by atoms with van der Waals surface area (Å²) in [4.78, 5) is 24.4. The van der Waals surface area contributed by atoms with Gasteiger partial charge in [0.2, 0.25) is 5.91 Å². The van der Waals surface area contributed by atoms with Crippen molar-refractivity contribution in [1.29, 1.82) is 0 Å². The number of hydrogen-bond donors (Lipinski definition) is 4. The predicted octanol–water partition coefficient (Wildman–Crippen LogP) is 6.22. The van der Waals surface area contributed by atoms with Crippen LogP contribution in [-0.4, -0.2) is 46.0 Å². The lowest BCUT2D eigenvalue weighted by Gasteiger charge is -2.20. The van der Waals surface area contributed by atoms with Crippen LogP contribution in [0.5, 0.6) is 11.5 Å². The van der Waals surface area contributed by atoms with Gasteiger partial charge < -0.3 is 25.1 Å². The Bertz CT molecular complexity index is 1250. The van der Waals surface area contributed by atoms with E-state index in [-0.39, 0.29) is 5.91 Å². The zero-order valence-corrected chi connectivity index (χ0v) is 23.1. The van der Waals surface area contributed by atoms with Crippen LogP contribution in [0.3, 0.4) is 0 Å². The molecule has 3 aromatic carbocycles. The number of hydrazine groups is 1. The van der Waals surface area contributed by atoms with Crippen molar-refractivity contribution in [3.8, 4) is 11.5 Å². The van der Waals surface area contributed by atoms with E-state index in [0.717, 1.165) is 24.3 Å². The molecular weight excluding hydrogens is 518 g/mol. The highest BCUT2D eigenvalue weighted by molar-refractivity contribution is 7.80. The number of carbonyl (C=O) groups excluding carboxylic acids is 1. The summed E-state index contributed by atoms with van der Waals surface area (Å²) in [7, 11) is 5.11. The van der Waals surface area contributed by atoms with Gasteiger partial charge >= 0.3 is 0 Å². The standard InChI is InChI=1S/C27H33N7O4S/c1-34(15-4-5-27(35)28-14-16-39)22-12-10-20(11-13-22)30-32-24-18-25(37-2)23(17-26(24)38-3)31-29-19-6-8-21(33-36)9-7-19/h6-13,17-18,30,32,39H,4-5,14-16H2,1-3H3,(H,28,35). The van der Waals surface area contributed by atoms with E-state index >= 15 is 0 Å². The molecule has 0 heterocycles. The molecular formula is C27H33N7O4S. The number of nitroso groups, excluding NO2 is 1. The van der Waals surface area contributed by atoms with Crippen molar-refractivity contribution in [2.75, 3.05) is 55.9 Å². The zero-order valence-electron chi connectivity index (χ0n) is 22.2. The Morgan fingerprint density at radius 3 is 2.26 bits per heavy atom. The van der Waals surface area contributed by atoms with Crippen molar-refractivity contribution in [3.05, 3.63) is 65.6 Å². The molecule has 0 aliphatic carbocycles. The van der Waals surface area contributed by atoms with Crippen molar-refractivity contribution in [2.45, 2.75) is 12.8 Å². The molecule has 0 radical (unpaired) electrons. The normalized spacial score (nSPS) is 10.7. The van der Waals surface area contributed by atoms with Gasteiger partial charge in [0.1, 0.15) is 22.9 Å². The Morgan fingerprint density at radius 2 is 1.62 bits per heavy atom. The van der Waals surface area contributed by atoms with Gasteiger partial charge in [-0.1, -0.05) is 0 Å². The Labute approximate surface area is 233 Å². The van der Waals surface area contributed by atoms with E-state index in [4.69, 9.17) is 9.47 Å². The van der Waals surface area contributed by atoms with Crippen LogP contribution in [0.15, 0.2) is 76.1 Å². The van der Waals surface area contributed by atoms with Crippen molar-refractivity contribution < 1.29 is 14.3 Å². The molecule has 0 atom stereocenters. The van der Waals surface area contributed by atoms with Gasteiger partial charge in [-0.05, 0) is 60.1 Å². The molecule has 0 saturated carbocycles. The Kier molecular flexibility index (Phi) is 11.4. The highest BCUT2D eigenvalue weighted by Crippen LogP contribution is 2.39. The second-order valence-electron chi connectivity index (χ2n) is 8.43. The van der Waals surface area contributed by atoms with Crippen LogP contribution in [-0.2, 0) is 4.79 Å². The van der Waals surface area contributed by atoms with Gasteiger partial charge in [-0.2, -0.15) is 17.7 Å². The fraction of sp³-hybridized carbons (Fsp3) is 0.296. The smallest absolute Gasteiger partial charge is 0.220 e. The molecule has 0 unspecified atom stereocenters. The molecule has 206 valence electrons. The van der Waals surface area contributed by atoms with Gasteiger partial charge in [-0.25, -0.2) is 0 Å². The molecule has 0 aliphatic heterocycles. The van der Waals surface area contributed by atoms with Gasteiger partial charge in [0.05, 0.1) is 31.3 Å². The highest BCUT2D eigenvalue weighted by atomic mass is 32.1. The first kappa shape index (κ1) is 29.2. The Balaban J connectivity index is 1.60. The number of rotatable bonds is 15. The topological polar surface area (TPSA) is 129 Å². The van der Waals surface area contributed by atoms with Crippen molar-refractivity contribution >= 4 is 52.7 Å². The summed E-state index contributed by atoms with van der Waals surface area (Å²) in [6, 6.07) is 17.8. The maximum atomic E-state index is 11.8. The fourth-order valence-corrected chi connectivity index (χ4v) is 3.69. The van der Waals surface area contributed by atoms with Crippen LogP contribution in [0.25, 0.3) is 0 Å². The molecule has 12 heteroatoms. The van der Waals surface area contributed by atoms with Gasteiger partial charge in [-0.15, -0.1) is 10.0 Å². The largest absolute Gasteiger partial charge is 0.494 e. The molecule has 1 amide bonds. The van der Waals surface area contributed by atoms with Crippen LogP contribution in [0.4, 0.5) is 34.1 Å². The second-order valence-corrected chi connectivity index (χ2v) is 8.87. The van der Waals surface area contributed by atoms with Crippen LogP contribution < -0.4 is 30.5 Å². The number of amides is 1. The third kappa shape index (κ3) is 8.88. The van der Waals surface area contributed by atoms with E-state index in [1.807, 2.05) is 31.3 Å². The van der Waals surface area contributed by atoms with Crippen molar-refractivity contribution in [1.82, 2.24) is 5.32 Å². The number of thiol groups is 1. The minimum absolute atomic E-state index is 0.0503. The maximum Gasteiger partial charge on any atom is 0.220 e. The summed E-state index contributed by atoms with van der Waals surface area (Å²) < 4.78 is 11.0. The third-order valence-electron chi connectivity index (χ3n) is 5.71. The van der Waals surface area contributed by atoms with Crippen LogP contribution in [0, 0.1) is 4.91 Å². The number of methoxy groups -OCH3 is 2. The second kappa shape index (κ2) is 15.2. The first-order valence-corrected chi connectivity index (χ1v) is 12.9. The first-order valence-electron chi connectivity index (χ1n) is 12.3. The van der Waals surface area contributed by atoms with E-state index in [9.17, 15) is 9.70 Å². The Hall–Kier alpha value is -4.32. The minimum Gasteiger partial charge on any atom is -0.494 e. The molecule has 39 heavy (non-hydrogen) atoms. The number of anilines is 3. The number of nitrogens with one attached hydrogen (secondary N) is 3. The molecule has 3 rings (SSSR count). The molecule has 0 aliphatic rings. The lowest BCUT2D eigenvalue weighted by atomic mass is 10.2. The SMILES string of the molecule is COc1cc(NNc2ccc(N(C)CCCC(=O)NCCS)cc2)c(OC)cc1N=Nc1ccc(N=O)cc1. The number of carbonyl (C=O) groups is 1. The van der Waals surface area contributed by atoms with E-state index in [2.05, 4.69) is 49.1 Å². The molecule has 0 spiro atoms. The van der Waals surface area contributed by atoms with E-state index in [1.165, 1.54) is 0 Å². The summed E-state index contributed by atoms with van der Waals surface area (Å²) in [5.41, 5.74) is 10.2. The summed E-state index contributed by atoms with van der Waals surface area (Å²) in [5.74, 6) is 1.71.